The number of halogens is 2. The summed E-state index contributed by atoms with van der Waals surface area (Å²) >= 11 is 5.77. The van der Waals surface area contributed by atoms with Crippen molar-refractivity contribution < 1.29 is 27.1 Å². The number of anilines is 1. The van der Waals surface area contributed by atoms with Crippen LogP contribution in [0.2, 0.25) is 5.02 Å². The van der Waals surface area contributed by atoms with Gasteiger partial charge in [-0.2, -0.15) is 4.31 Å². The van der Waals surface area contributed by atoms with E-state index in [9.17, 15) is 22.4 Å². The summed E-state index contributed by atoms with van der Waals surface area (Å²) in [6, 6.07) is 8.82. The Balaban J connectivity index is 1.96. The van der Waals surface area contributed by atoms with Crippen molar-refractivity contribution in [2.45, 2.75) is 18.7 Å². The Labute approximate surface area is 173 Å². The first-order valence-corrected chi connectivity index (χ1v) is 10.5. The highest BCUT2D eigenvalue weighted by Gasteiger charge is 2.21. The van der Waals surface area contributed by atoms with Crippen molar-refractivity contribution in [3.05, 3.63) is 58.9 Å². The van der Waals surface area contributed by atoms with Gasteiger partial charge < -0.3 is 10.1 Å². The Morgan fingerprint density at radius 1 is 1.10 bits per heavy atom. The minimum absolute atomic E-state index is 0.0631. The fourth-order valence-electron chi connectivity index (χ4n) is 2.48. The second-order valence-electron chi connectivity index (χ2n) is 5.86. The molecule has 0 saturated carbocycles. The van der Waals surface area contributed by atoms with E-state index in [0.29, 0.717) is 18.8 Å². The maximum Gasteiger partial charge on any atom is 0.340 e. The van der Waals surface area contributed by atoms with Gasteiger partial charge in [0.1, 0.15) is 5.82 Å². The minimum atomic E-state index is -3.59. The molecule has 2 aromatic rings. The second-order valence-corrected chi connectivity index (χ2v) is 8.21. The normalized spacial score (nSPS) is 11.3. The van der Waals surface area contributed by atoms with Gasteiger partial charge in [-0.05, 0) is 42.5 Å². The summed E-state index contributed by atoms with van der Waals surface area (Å²) in [7, 11) is -3.59. The molecule has 0 atom stereocenters. The predicted molar refractivity (Wildman–Crippen MR) is 107 cm³/mol. The molecule has 0 unspecified atom stereocenters. The van der Waals surface area contributed by atoms with E-state index in [1.54, 1.807) is 13.8 Å². The van der Waals surface area contributed by atoms with Crippen LogP contribution in [0.1, 0.15) is 24.2 Å². The van der Waals surface area contributed by atoms with Crippen LogP contribution >= 0.6 is 11.6 Å². The van der Waals surface area contributed by atoms with Crippen LogP contribution < -0.4 is 5.32 Å². The van der Waals surface area contributed by atoms with Gasteiger partial charge >= 0.3 is 5.97 Å². The third-order valence-corrected chi connectivity index (χ3v) is 6.34. The second kappa shape index (κ2) is 9.82. The number of hydrogen-bond acceptors (Lipinski definition) is 5. The first kappa shape index (κ1) is 22.8. The molecule has 0 heterocycles. The van der Waals surface area contributed by atoms with Crippen LogP contribution in [0, 0.1) is 5.82 Å². The fraction of sp³-hybridized carbons (Fsp3) is 0.263. The van der Waals surface area contributed by atoms with Crippen LogP contribution in [-0.2, 0) is 19.6 Å². The van der Waals surface area contributed by atoms with Crippen molar-refractivity contribution in [1.29, 1.82) is 0 Å². The van der Waals surface area contributed by atoms with Crippen molar-refractivity contribution in [1.82, 2.24) is 4.31 Å². The average Bonchev–Trinajstić information content (AvgIpc) is 2.67. The summed E-state index contributed by atoms with van der Waals surface area (Å²) in [5, 5.41) is 2.37. The summed E-state index contributed by atoms with van der Waals surface area (Å²) in [5.41, 5.74) is 0.274. The zero-order chi connectivity index (χ0) is 21.6. The Morgan fingerprint density at radius 3 is 2.28 bits per heavy atom. The van der Waals surface area contributed by atoms with Gasteiger partial charge in [0.05, 0.1) is 15.5 Å². The smallest absolute Gasteiger partial charge is 0.340 e. The summed E-state index contributed by atoms with van der Waals surface area (Å²) < 4.78 is 44.1. The number of esters is 1. The highest BCUT2D eigenvalue weighted by Crippen LogP contribution is 2.19. The molecule has 2 aromatic carbocycles. The van der Waals surface area contributed by atoms with Gasteiger partial charge in [-0.1, -0.05) is 25.4 Å². The first-order chi connectivity index (χ1) is 13.7. The van der Waals surface area contributed by atoms with E-state index in [0.717, 1.165) is 18.2 Å². The van der Waals surface area contributed by atoms with Gasteiger partial charge in [0, 0.05) is 18.8 Å². The summed E-state index contributed by atoms with van der Waals surface area (Å²) in [6.45, 7) is 3.60. The van der Waals surface area contributed by atoms with E-state index in [1.807, 2.05) is 0 Å². The number of benzene rings is 2. The van der Waals surface area contributed by atoms with Crippen LogP contribution in [0.15, 0.2) is 47.4 Å². The quantitative estimate of drug-likeness (QED) is 0.633. The SMILES string of the molecule is CCN(CC)S(=O)(=O)c1ccc(NC(=O)COC(=O)c2ccc(F)cc2Cl)cc1. The lowest BCUT2D eigenvalue weighted by Gasteiger charge is -2.18. The third kappa shape index (κ3) is 5.75. The monoisotopic (exact) mass is 442 g/mol. The molecule has 29 heavy (non-hydrogen) atoms. The molecule has 0 spiro atoms. The van der Waals surface area contributed by atoms with Gasteiger partial charge in [-0.25, -0.2) is 17.6 Å². The molecule has 0 aliphatic heterocycles. The fourth-order valence-corrected chi connectivity index (χ4v) is 4.19. The van der Waals surface area contributed by atoms with Crippen molar-refractivity contribution in [3.8, 4) is 0 Å². The number of carbonyl (C=O) groups is 2. The van der Waals surface area contributed by atoms with Crippen molar-refractivity contribution in [2.24, 2.45) is 0 Å². The van der Waals surface area contributed by atoms with Gasteiger partial charge in [0.25, 0.3) is 5.91 Å². The number of ether oxygens (including phenoxy) is 1. The molecule has 0 bridgehead atoms. The number of hydrogen-bond donors (Lipinski definition) is 1. The molecule has 0 fully saturated rings. The Kier molecular flexibility index (Phi) is 7.72. The predicted octanol–water partition coefficient (Wildman–Crippen LogP) is 3.31. The lowest BCUT2D eigenvalue weighted by Crippen LogP contribution is -2.30. The molecule has 0 aliphatic rings. The molecular formula is C19H20ClFN2O5S. The van der Waals surface area contributed by atoms with Gasteiger partial charge in [-0.15, -0.1) is 0 Å². The molecule has 7 nitrogen and oxygen atoms in total. The molecule has 2 rings (SSSR count). The zero-order valence-corrected chi connectivity index (χ0v) is 17.4. The Bertz CT molecular complexity index is 992. The number of carbonyl (C=O) groups excluding carboxylic acids is 2. The van der Waals surface area contributed by atoms with Gasteiger partial charge in [-0.3, -0.25) is 4.79 Å². The average molecular weight is 443 g/mol. The van der Waals surface area contributed by atoms with Crippen LogP contribution in [0.3, 0.4) is 0 Å². The summed E-state index contributed by atoms with van der Waals surface area (Å²) in [5.74, 6) is -2.10. The first-order valence-electron chi connectivity index (χ1n) is 8.71. The maximum absolute atomic E-state index is 13.0. The van der Waals surface area contributed by atoms with E-state index < -0.39 is 34.3 Å². The molecule has 156 valence electrons. The number of amides is 1. The standard InChI is InChI=1S/C19H20ClFN2O5S/c1-3-23(4-2)29(26,27)15-8-6-14(7-9-15)22-18(24)12-28-19(25)16-10-5-13(21)11-17(16)20/h5-11H,3-4,12H2,1-2H3,(H,22,24). The molecule has 10 heteroatoms. The van der Waals surface area contributed by atoms with Crippen LogP contribution in [-0.4, -0.2) is 44.3 Å². The highest BCUT2D eigenvalue weighted by atomic mass is 35.5. The van der Waals surface area contributed by atoms with Crippen LogP contribution in [0.25, 0.3) is 0 Å². The third-order valence-electron chi connectivity index (χ3n) is 3.97. The maximum atomic E-state index is 13.0. The van der Waals surface area contributed by atoms with Crippen molar-refractivity contribution in [3.63, 3.8) is 0 Å². The Hall–Kier alpha value is -2.49. The van der Waals surface area contributed by atoms with Crippen molar-refractivity contribution in [2.75, 3.05) is 25.0 Å². The highest BCUT2D eigenvalue weighted by molar-refractivity contribution is 7.89. The van der Waals surface area contributed by atoms with E-state index in [1.165, 1.54) is 28.6 Å². The van der Waals surface area contributed by atoms with E-state index >= 15 is 0 Å². The van der Waals surface area contributed by atoms with Gasteiger partial charge in [0.2, 0.25) is 10.0 Å². The molecule has 0 aromatic heterocycles. The molecule has 0 saturated heterocycles. The molecule has 0 radical (unpaired) electrons. The van der Waals surface area contributed by atoms with E-state index in [2.05, 4.69) is 5.32 Å². The molecule has 1 N–H and O–H groups in total. The molecular weight excluding hydrogens is 423 g/mol. The lowest BCUT2D eigenvalue weighted by atomic mass is 10.2. The largest absolute Gasteiger partial charge is 0.452 e. The van der Waals surface area contributed by atoms with E-state index in [4.69, 9.17) is 16.3 Å². The number of nitrogens with zero attached hydrogens (tertiary/aromatic N) is 1. The van der Waals surface area contributed by atoms with Crippen LogP contribution in [0.4, 0.5) is 10.1 Å². The number of sulfonamides is 1. The van der Waals surface area contributed by atoms with E-state index in [-0.39, 0.29) is 15.5 Å². The van der Waals surface area contributed by atoms with Crippen LogP contribution in [0.5, 0.6) is 0 Å². The number of nitrogens with one attached hydrogen (secondary N) is 1. The molecule has 0 aliphatic carbocycles. The topological polar surface area (TPSA) is 92.8 Å². The van der Waals surface area contributed by atoms with Gasteiger partial charge in [0.15, 0.2) is 6.61 Å². The number of rotatable bonds is 8. The van der Waals surface area contributed by atoms with Crippen molar-refractivity contribution >= 4 is 39.2 Å². The Morgan fingerprint density at radius 2 is 1.72 bits per heavy atom. The summed E-state index contributed by atoms with van der Waals surface area (Å²) in [6.07, 6.45) is 0. The zero-order valence-electron chi connectivity index (χ0n) is 15.8. The minimum Gasteiger partial charge on any atom is -0.452 e. The lowest BCUT2D eigenvalue weighted by molar-refractivity contribution is -0.119. The molecule has 1 amide bonds. The summed E-state index contributed by atoms with van der Waals surface area (Å²) in [4.78, 5) is 24.0.